The van der Waals surface area contributed by atoms with Gasteiger partial charge in [0.05, 0.1) is 0 Å². The zero-order chi connectivity index (χ0) is 12.5. The highest BCUT2D eigenvalue weighted by atomic mass is 15.0. The third-order valence-electron chi connectivity index (χ3n) is 3.58. The van der Waals surface area contributed by atoms with Crippen molar-refractivity contribution in [3.05, 3.63) is 35.9 Å². The molecule has 0 radical (unpaired) electrons. The third kappa shape index (κ3) is 3.08. The van der Waals surface area contributed by atoms with Crippen LogP contribution in [0.15, 0.2) is 30.3 Å². The van der Waals surface area contributed by atoms with Crippen LogP contribution >= 0.6 is 0 Å². The van der Waals surface area contributed by atoms with Crippen molar-refractivity contribution in [1.82, 2.24) is 5.32 Å². The summed E-state index contributed by atoms with van der Waals surface area (Å²) in [5.41, 5.74) is 7.45. The molecular formula is C15H24N2. The number of hydrogen-bond donors (Lipinski definition) is 2. The minimum Gasteiger partial charge on any atom is -0.328 e. The quantitative estimate of drug-likeness (QED) is 0.841. The average Bonchev–Trinajstić information content (AvgIpc) is 2.22. The molecule has 1 aliphatic carbocycles. The van der Waals surface area contributed by atoms with Crippen LogP contribution in [0.5, 0.6) is 0 Å². The van der Waals surface area contributed by atoms with Gasteiger partial charge < -0.3 is 11.1 Å². The van der Waals surface area contributed by atoms with Gasteiger partial charge in [-0.25, -0.2) is 0 Å². The van der Waals surface area contributed by atoms with Crippen LogP contribution in [-0.2, 0) is 0 Å². The molecule has 1 saturated carbocycles. The predicted molar refractivity (Wildman–Crippen MR) is 72.8 cm³/mol. The van der Waals surface area contributed by atoms with Crippen molar-refractivity contribution in [2.75, 3.05) is 0 Å². The fraction of sp³-hybridized carbons (Fsp3) is 0.600. The van der Waals surface area contributed by atoms with Crippen LogP contribution in [0.4, 0.5) is 0 Å². The Morgan fingerprint density at radius 1 is 1.18 bits per heavy atom. The maximum absolute atomic E-state index is 5.85. The van der Waals surface area contributed by atoms with Crippen molar-refractivity contribution in [2.24, 2.45) is 11.1 Å². The normalized spacial score (nSPS) is 26.4. The summed E-state index contributed by atoms with van der Waals surface area (Å²) >= 11 is 0. The number of hydrogen-bond acceptors (Lipinski definition) is 2. The molecule has 17 heavy (non-hydrogen) atoms. The van der Waals surface area contributed by atoms with Gasteiger partial charge in [-0.05, 0) is 23.8 Å². The van der Waals surface area contributed by atoms with Crippen molar-refractivity contribution >= 4 is 0 Å². The van der Waals surface area contributed by atoms with Crippen LogP contribution in [0.25, 0.3) is 0 Å². The summed E-state index contributed by atoms with van der Waals surface area (Å²) in [4.78, 5) is 0. The van der Waals surface area contributed by atoms with Gasteiger partial charge in [0.1, 0.15) is 0 Å². The lowest BCUT2D eigenvalue weighted by Crippen LogP contribution is -2.51. The summed E-state index contributed by atoms with van der Waals surface area (Å²) in [6.07, 6.45) is 2.22. The Kier molecular flexibility index (Phi) is 3.55. The third-order valence-corrected chi connectivity index (χ3v) is 3.58. The van der Waals surface area contributed by atoms with Crippen molar-refractivity contribution < 1.29 is 0 Å². The van der Waals surface area contributed by atoms with Crippen LogP contribution in [-0.4, -0.2) is 12.1 Å². The summed E-state index contributed by atoms with van der Waals surface area (Å²) in [5, 5.41) is 3.76. The lowest BCUT2D eigenvalue weighted by molar-refractivity contribution is 0.194. The molecule has 2 rings (SSSR count). The van der Waals surface area contributed by atoms with Crippen LogP contribution < -0.4 is 11.1 Å². The van der Waals surface area contributed by atoms with Gasteiger partial charge in [-0.1, -0.05) is 51.1 Å². The Balaban J connectivity index is 2.09. The van der Waals surface area contributed by atoms with E-state index in [1.165, 1.54) is 5.56 Å². The first kappa shape index (κ1) is 12.6. The maximum Gasteiger partial charge on any atom is 0.0371 e. The molecule has 1 unspecified atom stereocenters. The van der Waals surface area contributed by atoms with E-state index in [9.17, 15) is 0 Å². The van der Waals surface area contributed by atoms with E-state index in [0.29, 0.717) is 18.1 Å². The molecule has 0 bridgehead atoms. The highest BCUT2D eigenvalue weighted by Crippen LogP contribution is 2.35. The monoisotopic (exact) mass is 232 g/mol. The molecule has 94 valence electrons. The molecule has 0 heterocycles. The molecule has 0 amide bonds. The Bertz CT molecular complexity index is 347. The second-order valence-electron chi connectivity index (χ2n) is 6.30. The molecule has 0 aromatic heterocycles. The molecule has 1 aromatic rings. The summed E-state index contributed by atoms with van der Waals surface area (Å²) in [7, 11) is 0. The van der Waals surface area contributed by atoms with E-state index in [0.717, 1.165) is 12.8 Å². The summed E-state index contributed by atoms with van der Waals surface area (Å²) in [5.74, 6) is 0. The zero-order valence-corrected chi connectivity index (χ0v) is 11.1. The lowest BCUT2D eigenvalue weighted by Gasteiger charge is -2.41. The van der Waals surface area contributed by atoms with Crippen molar-refractivity contribution in [3.8, 4) is 0 Å². The largest absolute Gasteiger partial charge is 0.328 e. The summed E-state index contributed by atoms with van der Waals surface area (Å²) < 4.78 is 0. The van der Waals surface area contributed by atoms with E-state index in [4.69, 9.17) is 5.73 Å². The highest BCUT2D eigenvalue weighted by Gasteiger charge is 2.33. The molecule has 2 nitrogen and oxygen atoms in total. The molecule has 2 heteroatoms. The minimum absolute atomic E-state index is 0.223. The van der Waals surface area contributed by atoms with Crippen molar-refractivity contribution in [2.45, 2.75) is 51.7 Å². The van der Waals surface area contributed by atoms with Crippen molar-refractivity contribution in [1.29, 1.82) is 0 Å². The summed E-state index contributed by atoms with van der Waals surface area (Å²) in [6, 6.07) is 12.1. The topological polar surface area (TPSA) is 38.0 Å². The molecule has 0 aliphatic heterocycles. The van der Waals surface area contributed by atoms with Gasteiger partial charge in [-0.2, -0.15) is 0 Å². The maximum atomic E-state index is 5.85. The number of rotatable bonds is 3. The van der Waals surface area contributed by atoms with Gasteiger partial charge in [0.2, 0.25) is 0 Å². The molecular weight excluding hydrogens is 208 g/mol. The van der Waals surface area contributed by atoms with Gasteiger partial charge in [0.15, 0.2) is 0 Å². The first-order valence-corrected chi connectivity index (χ1v) is 6.53. The Morgan fingerprint density at radius 2 is 1.76 bits per heavy atom. The number of benzene rings is 1. The predicted octanol–water partition coefficient (Wildman–Crippen LogP) is 2.85. The van der Waals surface area contributed by atoms with Crippen LogP contribution in [0.1, 0.15) is 45.2 Å². The van der Waals surface area contributed by atoms with E-state index in [1.54, 1.807) is 0 Å². The lowest BCUT2D eigenvalue weighted by atomic mass is 9.79. The number of nitrogens with two attached hydrogens (primary N) is 1. The Hall–Kier alpha value is -0.860. The fourth-order valence-electron chi connectivity index (χ4n) is 2.53. The average molecular weight is 232 g/mol. The summed E-state index contributed by atoms with van der Waals surface area (Å²) in [6.45, 7) is 6.86. The zero-order valence-electron chi connectivity index (χ0n) is 11.1. The van der Waals surface area contributed by atoms with E-state index >= 15 is 0 Å². The molecule has 1 aliphatic rings. The van der Waals surface area contributed by atoms with E-state index < -0.39 is 0 Å². The second-order valence-corrected chi connectivity index (χ2v) is 6.30. The van der Waals surface area contributed by atoms with E-state index in [2.05, 4.69) is 56.4 Å². The molecule has 0 spiro atoms. The Morgan fingerprint density at radius 3 is 2.24 bits per heavy atom. The van der Waals surface area contributed by atoms with Crippen LogP contribution in [0.3, 0.4) is 0 Å². The highest BCUT2D eigenvalue weighted by molar-refractivity contribution is 5.21. The van der Waals surface area contributed by atoms with Gasteiger partial charge >= 0.3 is 0 Å². The van der Waals surface area contributed by atoms with Gasteiger partial charge in [0.25, 0.3) is 0 Å². The molecule has 1 aromatic carbocycles. The molecule has 3 N–H and O–H groups in total. The molecule has 0 saturated heterocycles. The second kappa shape index (κ2) is 4.79. The fourth-order valence-corrected chi connectivity index (χ4v) is 2.53. The molecule has 1 atom stereocenters. The van der Waals surface area contributed by atoms with E-state index in [-0.39, 0.29) is 5.41 Å². The Labute approximate surface area is 105 Å². The van der Waals surface area contributed by atoms with E-state index in [1.807, 2.05) is 0 Å². The molecule has 1 fully saturated rings. The van der Waals surface area contributed by atoms with Crippen molar-refractivity contribution in [3.63, 3.8) is 0 Å². The van der Waals surface area contributed by atoms with Gasteiger partial charge in [-0.3, -0.25) is 0 Å². The van der Waals surface area contributed by atoms with Crippen LogP contribution in [0.2, 0.25) is 0 Å². The standard InChI is InChI=1S/C15H24N2/c1-15(2,3)14(11-7-5-4-6-8-11)17-13-9-12(16)10-13/h4-8,12-14,17H,9-10,16H2,1-3H3. The first-order chi connectivity index (χ1) is 7.97. The number of nitrogens with one attached hydrogen (secondary N) is 1. The van der Waals surface area contributed by atoms with Gasteiger partial charge in [0, 0.05) is 18.1 Å². The minimum atomic E-state index is 0.223. The SMILES string of the molecule is CC(C)(C)C(NC1CC(N)C1)c1ccccc1. The first-order valence-electron chi connectivity index (χ1n) is 6.53. The van der Waals surface area contributed by atoms with Crippen LogP contribution in [0, 0.1) is 5.41 Å². The smallest absolute Gasteiger partial charge is 0.0371 e. The van der Waals surface area contributed by atoms with Gasteiger partial charge in [-0.15, -0.1) is 0 Å².